The highest BCUT2D eigenvalue weighted by atomic mass is 16.6. The summed E-state index contributed by atoms with van der Waals surface area (Å²) in [6.45, 7) is 9.00. The van der Waals surface area contributed by atoms with Gasteiger partial charge in [0.25, 0.3) is 0 Å². The number of hydrogen-bond donors (Lipinski definition) is 3. The molecule has 5 nitrogen and oxygen atoms in total. The maximum absolute atomic E-state index is 11.7. The molecular weight excluding hydrogens is 320 g/mol. The van der Waals surface area contributed by atoms with Crippen LogP contribution in [0, 0.1) is 34.0 Å². The predicted molar refractivity (Wildman–Crippen MR) is 88.3 cm³/mol. The molecule has 10 atom stereocenters. The third-order valence-corrected chi connectivity index (χ3v) is 9.20. The van der Waals surface area contributed by atoms with Crippen LogP contribution in [-0.2, 0) is 9.47 Å². The van der Waals surface area contributed by atoms with Crippen LogP contribution in [-0.4, -0.2) is 52.1 Å². The van der Waals surface area contributed by atoms with Gasteiger partial charge in [0.2, 0.25) is 5.79 Å². The van der Waals surface area contributed by atoms with E-state index < -0.39 is 23.4 Å². The standard InChI is InChI=1S/C20H28O5/c1-9-10-7-19(15(9)21)13(12-11(10)25-12)18-6-4-5-17(2,3)14(18)16(22)20(19,23)24-8-18/h10-16,21-23H,1,4-8H2,2-3H3. The molecule has 4 bridgehead atoms. The van der Waals surface area contributed by atoms with Crippen LogP contribution in [0.3, 0.4) is 0 Å². The van der Waals surface area contributed by atoms with Crippen LogP contribution in [0.1, 0.15) is 39.5 Å². The van der Waals surface area contributed by atoms with Gasteiger partial charge in [0, 0.05) is 23.2 Å². The third kappa shape index (κ3) is 1.33. The summed E-state index contributed by atoms with van der Waals surface area (Å²) >= 11 is 0. The lowest BCUT2D eigenvalue weighted by atomic mass is 9.36. The van der Waals surface area contributed by atoms with Crippen molar-refractivity contribution in [3.63, 3.8) is 0 Å². The molecule has 4 aliphatic carbocycles. The molecule has 0 amide bonds. The van der Waals surface area contributed by atoms with E-state index in [1.54, 1.807) is 0 Å². The molecule has 138 valence electrons. The molecule has 7 fully saturated rings. The molecule has 0 aromatic heterocycles. The van der Waals surface area contributed by atoms with Crippen LogP contribution in [0.15, 0.2) is 12.2 Å². The Hall–Kier alpha value is -0.460. The van der Waals surface area contributed by atoms with Crippen LogP contribution in [0.5, 0.6) is 0 Å². The Morgan fingerprint density at radius 2 is 1.88 bits per heavy atom. The first kappa shape index (κ1) is 15.6. The minimum atomic E-state index is -1.72. The number of aliphatic hydroxyl groups is 3. The Bertz CT molecular complexity index is 690. The molecule has 7 rings (SSSR count). The molecule has 0 radical (unpaired) electrons. The molecule has 3 N–H and O–H groups in total. The summed E-state index contributed by atoms with van der Waals surface area (Å²) in [5.74, 6) is -1.65. The van der Waals surface area contributed by atoms with E-state index in [1.165, 1.54) is 0 Å². The van der Waals surface area contributed by atoms with Crippen molar-refractivity contribution in [2.45, 2.75) is 69.7 Å². The minimum absolute atomic E-state index is 0.0298. The number of epoxide rings is 1. The highest BCUT2D eigenvalue weighted by Gasteiger charge is 2.87. The first-order valence-corrected chi connectivity index (χ1v) is 9.77. The fraction of sp³-hybridized carbons (Fsp3) is 0.900. The summed E-state index contributed by atoms with van der Waals surface area (Å²) in [5.41, 5.74) is -0.427. The van der Waals surface area contributed by atoms with Crippen LogP contribution in [0.4, 0.5) is 0 Å². The van der Waals surface area contributed by atoms with E-state index >= 15 is 0 Å². The second-order valence-electron chi connectivity index (χ2n) is 10.4. The van der Waals surface area contributed by atoms with Gasteiger partial charge in [0.1, 0.15) is 6.10 Å². The fourth-order valence-corrected chi connectivity index (χ4v) is 8.46. The van der Waals surface area contributed by atoms with Gasteiger partial charge in [-0.2, -0.15) is 0 Å². The van der Waals surface area contributed by atoms with Crippen molar-refractivity contribution in [1.82, 2.24) is 0 Å². The SMILES string of the molecule is C=C1C2CC3(C1O)C(C1OC21)C12CCCC(C)(C)C1C(O)C3(O)OC2. The third-order valence-electron chi connectivity index (χ3n) is 9.20. The zero-order chi connectivity index (χ0) is 17.6. The number of aliphatic hydroxyl groups excluding tert-OH is 2. The summed E-state index contributed by atoms with van der Waals surface area (Å²) in [4.78, 5) is 0. The normalized spacial score (nSPS) is 66.0. The van der Waals surface area contributed by atoms with Gasteiger partial charge >= 0.3 is 0 Å². The monoisotopic (exact) mass is 348 g/mol. The molecular formula is C20H28O5. The van der Waals surface area contributed by atoms with Crippen molar-refractivity contribution in [2.24, 2.45) is 34.0 Å². The molecule has 5 heteroatoms. The number of hydrogen-bond acceptors (Lipinski definition) is 5. The maximum Gasteiger partial charge on any atom is 0.201 e. The minimum Gasteiger partial charge on any atom is -0.388 e. The van der Waals surface area contributed by atoms with Crippen molar-refractivity contribution >= 4 is 0 Å². The molecule has 4 saturated carbocycles. The van der Waals surface area contributed by atoms with E-state index in [-0.39, 0.29) is 40.8 Å². The highest BCUT2D eigenvalue weighted by molar-refractivity contribution is 5.39. The largest absolute Gasteiger partial charge is 0.388 e. The fourth-order valence-electron chi connectivity index (χ4n) is 8.46. The molecule has 2 spiro atoms. The van der Waals surface area contributed by atoms with E-state index in [0.717, 1.165) is 24.8 Å². The van der Waals surface area contributed by atoms with Crippen molar-refractivity contribution in [3.05, 3.63) is 12.2 Å². The first-order valence-electron chi connectivity index (χ1n) is 9.77. The molecule has 3 aliphatic heterocycles. The molecule has 3 heterocycles. The van der Waals surface area contributed by atoms with Gasteiger partial charge in [0.05, 0.1) is 30.3 Å². The van der Waals surface area contributed by atoms with Gasteiger partial charge in [-0.05, 0) is 30.3 Å². The maximum atomic E-state index is 11.7. The summed E-state index contributed by atoms with van der Waals surface area (Å²) in [5, 5.41) is 34.3. The van der Waals surface area contributed by atoms with Crippen molar-refractivity contribution in [3.8, 4) is 0 Å². The second kappa shape index (κ2) is 4.02. The van der Waals surface area contributed by atoms with Gasteiger partial charge in [-0.3, -0.25) is 0 Å². The topological polar surface area (TPSA) is 82.5 Å². The zero-order valence-corrected chi connectivity index (χ0v) is 14.9. The van der Waals surface area contributed by atoms with Crippen molar-refractivity contribution in [1.29, 1.82) is 0 Å². The number of rotatable bonds is 0. The average Bonchev–Trinajstić information content (AvgIpc) is 3.30. The van der Waals surface area contributed by atoms with E-state index in [1.807, 2.05) is 0 Å². The number of ether oxygens (including phenoxy) is 2. The lowest BCUT2D eigenvalue weighted by Gasteiger charge is -2.74. The van der Waals surface area contributed by atoms with Crippen LogP contribution in [0.25, 0.3) is 0 Å². The average molecular weight is 348 g/mol. The smallest absolute Gasteiger partial charge is 0.201 e. The van der Waals surface area contributed by atoms with Gasteiger partial charge < -0.3 is 24.8 Å². The van der Waals surface area contributed by atoms with Gasteiger partial charge in [-0.15, -0.1) is 0 Å². The molecule has 0 aromatic rings. The first-order chi connectivity index (χ1) is 11.7. The lowest BCUT2D eigenvalue weighted by molar-refractivity contribution is -0.456. The second-order valence-corrected chi connectivity index (χ2v) is 10.4. The van der Waals surface area contributed by atoms with Crippen LogP contribution >= 0.6 is 0 Å². The zero-order valence-electron chi connectivity index (χ0n) is 14.9. The summed E-state index contributed by atoms with van der Waals surface area (Å²) in [6.07, 6.45) is 2.08. The summed E-state index contributed by atoms with van der Waals surface area (Å²) < 4.78 is 12.2. The van der Waals surface area contributed by atoms with Gasteiger partial charge in [0.15, 0.2) is 0 Å². The summed E-state index contributed by atoms with van der Waals surface area (Å²) in [6, 6.07) is 0. The van der Waals surface area contributed by atoms with E-state index in [9.17, 15) is 15.3 Å². The van der Waals surface area contributed by atoms with Crippen molar-refractivity contribution < 1.29 is 24.8 Å². The molecule has 3 saturated heterocycles. The van der Waals surface area contributed by atoms with E-state index in [4.69, 9.17) is 9.47 Å². The Labute approximate surface area is 148 Å². The quantitative estimate of drug-likeness (QED) is 0.453. The molecule has 25 heavy (non-hydrogen) atoms. The molecule has 0 aromatic carbocycles. The molecule has 7 aliphatic rings. The Morgan fingerprint density at radius 1 is 1.12 bits per heavy atom. The summed E-state index contributed by atoms with van der Waals surface area (Å²) in [7, 11) is 0. The van der Waals surface area contributed by atoms with Crippen LogP contribution < -0.4 is 0 Å². The van der Waals surface area contributed by atoms with Gasteiger partial charge in [-0.25, -0.2) is 0 Å². The van der Waals surface area contributed by atoms with E-state index in [2.05, 4.69) is 20.4 Å². The van der Waals surface area contributed by atoms with Crippen LogP contribution in [0.2, 0.25) is 0 Å². The lowest BCUT2D eigenvalue weighted by Crippen LogP contribution is -2.82. The van der Waals surface area contributed by atoms with Crippen molar-refractivity contribution in [2.75, 3.05) is 6.61 Å². The number of fused-ring (bicyclic) bond motifs is 4. The predicted octanol–water partition coefficient (Wildman–Crippen LogP) is 1.21. The van der Waals surface area contributed by atoms with Gasteiger partial charge in [-0.1, -0.05) is 26.8 Å². The Balaban J connectivity index is 1.62. The molecule has 10 unspecified atom stereocenters. The Morgan fingerprint density at radius 3 is 2.64 bits per heavy atom. The highest BCUT2D eigenvalue weighted by Crippen LogP contribution is 2.79. The van der Waals surface area contributed by atoms with E-state index in [0.29, 0.717) is 13.0 Å². The Kier molecular flexibility index (Phi) is 2.51.